The second-order valence-electron chi connectivity index (χ2n) is 4.38. The average molecular weight is 211 g/mol. The molecular formula is C11H18FN3. The third-order valence-corrected chi connectivity index (χ3v) is 2.92. The Bertz CT molecular complexity index is 325. The molecule has 1 heterocycles. The fourth-order valence-corrected chi connectivity index (χ4v) is 1.56. The fraction of sp³-hybridized carbons (Fsp3) is 0.545. The lowest BCUT2D eigenvalue weighted by atomic mass is 9.79. The monoisotopic (exact) mass is 211 g/mol. The van der Waals surface area contributed by atoms with Gasteiger partial charge in [-0.3, -0.25) is 16.3 Å². The van der Waals surface area contributed by atoms with Crippen LogP contribution in [0.5, 0.6) is 0 Å². The highest BCUT2D eigenvalue weighted by molar-refractivity contribution is 5.17. The van der Waals surface area contributed by atoms with Gasteiger partial charge < -0.3 is 0 Å². The van der Waals surface area contributed by atoms with E-state index in [2.05, 4.69) is 31.2 Å². The molecule has 0 aliphatic rings. The Morgan fingerprint density at radius 1 is 1.53 bits per heavy atom. The maximum atomic E-state index is 13.0. The molecule has 0 fully saturated rings. The molecule has 1 aromatic rings. The second kappa shape index (κ2) is 4.68. The Balaban J connectivity index is 3.02. The molecule has 0 saturated carbocycles. The van der Waals surface area contributed by atoms with E-state index in [0.29, 0.717) is 0 Å². The SMILES string of the molecule is CCC(C)(C)C(NN)c1cncc(F)c1. The summed E-state index contributed by atoms with van der Waals surface area (Å²) in [6, 6.07) is 1.38. The Hall–Kier alpha value is -1.00. The normalized spacial score (nSPS) is 13.9. The van der Waals surface area contributed by atoms with Gasteiger partial charge in [-0.25, -0.2) is 4.39 Å². The summed E-state index contributed by atoms with van der Waals surface area (Å²) in [6.07, 6.45) is 3.78. The van der Waals surface area contributed by atoms with E-state index >= 15 is 0 Å². The first kappa shape index (κ1) is 12.1. The van der Waals surface area contributed by atoms with Crippen LogP contribution < -0.4 is 11.3 Å². The van der Waals surface area contributed by atoms with Crippen LogP contribution in [0, 0.1) is 11.2 Å². The molecule has 84 valence electrons. The summed E-state index contributed by atoms with van der Waals surface area (Å²) in [5, 5.41) is 0. The van der Waals surface area contributed by atoms with Crippen molar-refractivity contribution in [2.24, 2.45) is 11.3 Å². The van der Waals surface area contributed by atoms with E-state index in [1.165, 1.54) is 12.3 Å². The Morgan fingerprint density at radius 2 is 2.20 bits per heavy atom. The largest absolute Gasteiger partial charge is 0.271 e. The predicted molar refractivity (Wildman–Crippen MR) is 58.3 cm³/mol. The van der Waals surface area contributed by atoms with Gasteiger partial charge in [0.1, 0.15) is 5.82 Å². The van der Waals surface area contributed by atoms with Crippen molar-refractivity contribution < 1.29 is 4.39 Å². The van der Waals surface area contributed by atoms with Gasteiger partial charge in [-0.1, -0.05) is 20.8 Å². The zero-order chi connectivity index (χ0) is 11.5. The number of hydrazine groups is 1. The third kappa shape index (κ3) is 2.73. The number of pyridine rings is 1. The van der Waals surface area contributed by atoms with E-state index in [-0.39, 0.29) is 17.3 Å². The van der Waals surface area contributed by atoms with Gasteiger partial charge in [0.05, 0.1) is 12.2 Å². The Kier molecular flexibility index (Phi) is 3.77. The van der Waals surface area contributed by atoms with Gasteiger partial charge in [-0.2, -0.15) is 0 Å². The van der Waals surface area contributed by atoms with Crippen molar-refractivity contribution in [3.8, 4) is 0 Å². The van der Waals surface area contributed by atoms with Gasteiger partial charge in [-0.15, -0.1) is 0 Å². The number of halogens is 1. The molecule has 1 aromatic heterocycles. The van der Waals surface area contributed by atoms with E-state index in [1.54, 1.807) is 6.20 Å². The topological polar surface area (TPSA) is 50.9 Å². The highest BCUT2D eigenvalue weighted by Gasteiger charge is 2.28. The maximum Gasteiger partial charge on any atom is 0.141 e. The van der Waals surface area contributed by atoms with Gasteiger partial charge >= 0.3 is 0 Å². The van der Waals surface area contributed by atoms with Crippen LogP contribution in [0.1, 0.15) is 38.8 Å². The van der Waals surface area contributed by atoms with Crippen LogP contribution in [0.4, 0.5) is 4.39 Å². The predicted octanol–water partition coefficient (Wildman–Crippen LogP) is 2.16. The van der Waals surface area contributed by atoms with Crippen molar-refractivity contribution in [2.75, 3.05) is 0 Å². The molecule has 4 heteroatoms. The lowest BCUT2D eigenvalue weighted by Gasteiger charge is -2.33. The van der Waals surface area contributed by atoms with E-state index in [4.69, 9.17) is 5.84 Å². The molecule has 0 aromatic carbocycles. The van der Waals surface area contributed by atoms with Crippen molar-refractivity contribution in [3.05, 3.63) is 29.8 Å². The van der Waals surface area contributed by atoms with Crippen molar-refractivity contribution >= 4 is 0 Å². The molecule has 0 bridgehead atoms. The summed E-state index contributed by atoms with van der Waals surface area (Å²) >= 11 is 0. The molecule has 0 aliphatic carbocycles. The lowest BCUT2D eigenvalue weighted by Crippen LogP contribution is -2.38. The number of nitrogens with one attached hydrogen (secondary N) is 1. The van der Waals surface area contributed by atoms with Crippen LogP contribution in [0.25, 0.3) is 0 Å². The van der Waals surface area contributed by atoms with Crippen molar-refractivity contribution in [2.45, 2.75) is 33.2 Å². The highest BCUT2D eigenvalue weighted by atomic mass is 19.1. The molecule has 0 amide bonds. The summed E-state index contributed by atoms with van der Waals surface area (Å²) in [6.45, 7) is 6.25. The standard InChI is InChI=1S/C11H18FN3/c1-4-11(2,3)10(15-13)8-5-9(12)7-14-6-8/h5-7,10,15H,4,13H2,1-3H3. The first-order valence-corrected chi connectivity index (χ1v) is 5.08. The van der Waals surface area contributed by atoms with Crippen LogP contribution in [0.15, 0.2) is 18.5 Å². The van der Waals surface area contributed by atoms with Gasteiger partial charge in [0.25, 0.3) is 0 Å². The minimum absolute atomic E-state index is 0.0375. The highest BCUT2D eigenvalue weighted by Crippen LogP contribution is 2.35. The molecule has 1 rings (SSSR count). The first-order chi connectivity index (χ1) is 7.01. The number of hydrogen-bond acceptors (Lipinski definition) is 3. The maximum absolute atomic E-state index is 13.0. The quantitative estimate of drug-likeness (QED) is 0.592. The third-order valence-electron chi connectivity index (χ3n) is 2.92. The number of nitrogens with zero attached hydrogens (tertiary/aromatic N) is 1. The molecule has 0 saturated heterocycles. The molecule has 3 N–H and O–H groups in total. The van der Waals surface area contributed by atoms with E-state index in [9.17, 15) is 4.39 Å². The van der Waals surface area contributed by atoms with Gasteiger partial charge in [0.15, 0.2) is 0 Å². The number of hydrogen-bond donors (Lipinski definition) is 2. The van der Waals surface area contributed by atoms with Crippen molar-refractivity contribution in [1.82, 2.24) is 10.4 Å². The van der Waals surface area contributed by atoms with Crippen molar-refractivity contribution in [3.63, 3.8) is 0 Å². The molecular weight excluding hydrogens is 193 g/mol. The Morgan fingerprint density at radius 3 is 2.67 bits per heavy atom. The summed E-state index contributed by atoms with van der Waals surface area (Å²) in [5.41, 5.74) is 3.47. The van der Waals surface area contributed by atoms with Crippen LogP contribution in [0.3, 0.4) is 0 Å². The van der Waals surface area contributed by atoms with E-state index in [1.807, 2.05) is 0 Å². The first-order valence-electron chi connectivity index (χ1n) is 5.08. The summed E-state index contributed by atoms with van der Waals surface area (Å²) in [5.74, 6) is 5.18. The van der Waals surface area contributed by atoms with Crippen LogP contribution in [-0.4, -0.2) is 4.98 Å². The number of aromatic nitrogens is 1. The molecule has 3 nitrogen and oxygen atoms in total. The van der Waals surface area contributed by atoms with E-state index < -0.39 is 0 Å². The zero-order valence-corrected chi connectivity index (χ0v) is 9.42. The van der Waals surface area contributed by atoms with Crippen LogP contribution in [0.2, 0.25) is 0 Å². The minimum Gasteiger partial charge on any atom is -0.271 e. The summed E-state index contributed by atoms with van der Waals surface area (Å²) in [7, 11) is 0. The van der Waals surface area contributed by atoms with Gasteiger partial charge in [0, 0.05) is 6.20 Å². The smallest absolute Gasteiger partial charge is 0.141 e. The fourth-order valence-electron chi connectivity index (χ4n) is 1.56. The van der Waals surface area contributed by atoms with Crippen LogP contribution >= 0.6 is 0 Å². The van der Waals surface area contributed by atoms with Crippen molar-refractivity contribution in [1.29, 1.82) is 0 Å². The second-order valence-corrected chi connectivity index (χ2v) is 4.38. The van der Waals surface area contributed by atoms with Gasteiger partial charge in [-0.05, 0) is 23.5 Å². The summed E-state index contributed by atoms with van der Waals surface area (Å²) in [4.78, 5) is 3.83. The average Bonchev–Trinajstić information content (AvgIpc) is 2.18. The molecule has 1 atom stereocenters. The molecule has 15 heavy (non-hydrogen) atoms. The number of rotatable bonds is 4. The molecule has 0 aliphatic heterocycles. The van der Waals surface area contributed by atoms with Crippen LogP contribution in [-0.2, 0) is 0 Å². The zero-order valence-electron chi connectivity index (χ0n) is 9.42. The molecule has 0 spiro atoms. The van der Waals surface area contributed by atoms with E-state index in [0.717, 1.165) is 12.0 Å². The number of nitrogens with two attached hydrogens (primary N) is 1. The lowest BCUT2D eigenvalue weighted by molar-refractivity contribution is 0.235. The van der Waals surface area contributed by atoms with Gasteiger partial charge in [0.2, 0.25) is 0 Å². The molecule has 1 unspecified atom stereocenters. The molecule has 0 radical (unpaired) electrons. The summed E-state index contributed by atoms with van der Waals surface area (Å²) < 4.78 is 13.0. The minimum atomic E-state index is -0.334. The Labute approximate surface area is 89.9 Å².